The van der Waals surface area contributed by atoms with Crippen LogP contribution in [0.5, 0.6) is 0 Å². The van der Waals surface area contributed by atoms with E-state index < -0.39 is 5.97 Å². The molecule has 0 fully saturated rings. The molecule has 0 spiro atoms. The van der Waals surface area contributed by atoms with Crippen LogP contribution in [0, 0.1) is 0 Å². The SMILES string of the molecule is O=C(CSc1nc2ccccc2[nH]1)Nc1ccc(NC(=O)CSc2nc3ccccc3[nH]2)c(C(=O)O)c1. The number of hydrogen-bond acceptors (Lipinski definition) is 7. The number of nitrogens with zero attached hydrogens (tertiary/aromatic N) is 2. The molecule has 2 aromatic heterocycles. The fraction of sp³-hybridized carbons (Fsp3) is 0.0800. The maximum atomic E-state index is 12.5. The van der Waals surface area contributed by atoms with Gasteiger partial charge in [0.2, 0.25) is 11.8 Å². The number of nitrogens with one attached hydrogen (secondary N) is 4. The highest BCUT2D eigenvalue weighted by atomic mass is 32.2. The van der Waals surface area contributed by atoms with Crippen LogP contribution < -0.4 is 10.6 Å². The molecule has 186 valence electrons. The van der Waals surface area contributed by atoms with Crippen molar-refractivity contribution in [3.63, 3.8) is 0 Å². The molecule has 10 nitrogen and oxygen atoms in total. The summed E-state index contributed by atoms with van der Waals surface area (Å²) < 4.78 is 0. The van der Waals surface area contributed by atoms with Gasteiger partial charge in [0.25, 0.3) is 0 Å². The van der Waals surface area contributed by atoms with Gasteiger partial charge in [-0.1, -0.05) is 47.8 Å². The van der Waals surface area contributed by atoms with Gasteiger partial charge in [-0.25, -0.2) is 14.8 Å². The van der Waals surface area contributed by atoms with E-state index in [2.05, 4.69) is 30.6 Å². The number of aromatic amines is 2. The third-order valence-corrected chi connectivity index (χ3v) is 6.97. The van der Waals surface area contributed by atoms with E-state index in [9.17, 15) is 19.5 Å². The van der Waals surface area contributed by atoms with Gasteiger partial charge in [0.05, 0.1) is 44.8 Å². The van der Waals surface area contributed by atoms with Crippen molar-refractivity contribution in [2.45, 2.75) is 10.3 Å². The number of aromatic nitrogens is 4. The van der Waals surface area contributed by atoms with Crippen molar-refractivity contribution in [2.75, 3.05) is 22.1 Å². The second-order valence-electron chi connectivity index (χ2n) is 7.86. The average Bonchev–Trinajstić information content (AvgIpc) is 3.50. The molecule has 0 unspecified atom stereocenters. The van der Waals surface area contributed by atoms with E-state index in [-0.39, 0.29) is 34.6 Å². The van der Waals surface area contributed by atoms with Crippen molar-refractivity contribution in [3.05, 3.63) is 72.3 Å². The van der Waals surface area contributed by atoms with E-state index in [1.807, 2.05) is 48.5 Å². The van der Waals surface area contributed by atoms with Crippen molar-refractivity contribution in [1.82, 2.24) is 19.9 Å². The fourth-order valence-corrected chi connectivity index (χ4v) is 4.92. The molecule has 0 aliphatic rings. The standard InChI is InChI=1S/C25H20N6O4S2/c32-21(12-36-24-28-17-5-1-2-6-18(17)29-24)26-14-9-10-16(15(11-14)23(34)35)27-22(33)13-37-25-30-19-7-3-4-8-20(19)31-25/h1-11H,12-13H2,(H,26,32)(H,27,33)(H,28,29)(H,30,31)(H,34,35). The number of carbonyl (C=O) groups excluding carboxylic acids is 2. The van der Waals surface area contributed by atoms with Gasteiger partial charge in [-0.05, 0) is 42.5 Å². The van der Waals surface area contributed by atoms with E-state index in [0.717, 1.165) is 22.1 Å². The zero-order chi connectivity index (χ0) is 25.8. The number of anilines is 2. The first-order valence-corrected chi connectivity index (χ1v) is 13.0. The minimum Gasteiger partial charge on any atom is -0.478 e. The summed E-state index contributed by atoms with van der Waals surface area (Å²) in [6.45, 7) is 0. The Bertz CT molecular complexity index is 1560. The lowest BCUT2D eigenvalue weighted by atomic mass is 10.1. The van der Waals surface area contributed by atoms with Crippen LogP contribution in [0.2, 0.25) is 0 Å². The molecule has 0 aliphatic heterocycles. The fourth-order valence-electron chi connectivity index (χ4n) is 3.55. The maximum Gasteiger partial charge on any atom is 0.337 e. The number of imidazole rings is 2. The van der Waals surface area contributed by atoms with Gasteiger partial charge in [-0.15, -0.1) is 0 Å². The summed E-state index contributed by atoms with van der Waals surface area (Å²) in [5, 5.41) is 16.2. The highest BCUT2D eigenvalue weighted by Gasteiger charge is 2.16. The third-order valence-electron chi connectivity index (χ3n) is 5.22. The molecule has 2 amide bonds. The predicted octanol–water partition coefficient (Wildman–Crippen LogP) is 4.60. The first kappa shape index (κ1) is 24.4. The van der Waals surface area contributed by atoms with Crippen LogP contribution in [0.4, 0.5) is 11.4 Å². The molecule has 3 aromatic carbocycles. The summed E-state index contributed by atoms with van der Waals surface area (Å²) in [5.74, 6) is -1.81. The van der Waals surface area contributed by atoms with Gasteiger partial charge in [-0.2, -0.15) is 0 Å². The molecule has 5 N–H and O–H groups in total. The first-order chi connectivity index (χ1) is 17.9. The number of carboxylic acids is 1. The highest BCUT2D eigenvalue weighted by molar-refractivity contribution is 8.00. The van der Waals surface area contributed by atoms with E-state index in [1.54, 1.807) is 0 Å². The van der Waals surface area contributed by atoms with Gasteiger partial charge in [0.15, 0.2) is 10.3 Å². The van der Waals surface area contributed by atoms with E-state index >= 15 is 0 Å². The molecule has 12 heteroatoms. The molecule has 37 heavy (non-hydrogen) atoms. The quantitative estimate of drug-likeness (QED) is 0.173. The van der Waals surface area contributed by atoms with Crippen LogP contribution in [-0.4, -0.2) is 54.3 Å². The Labute approximate surface area is 218 Å². The van der Waals surface area contributed by atoms with Crippen LogP contribution in [0.25, 0.3) is 22.1 Å². The molecular weight excluding hydrogens is 512 g/mol. The molecule has 0 atom stereocenters. The molecule has 5 aromatic rings. The number of rotatable bonds is 9. The van der Waals surface area contributed by atoms with Gasteiger partial charge >= 0.3 is 5.97 Å². The maximum absolute atomic E-state index is 12.5. The number of H-pyrrole nitrogens is 2. The average molecular weight is 533 g/mol. The van der Waals surface area contributed by atoms with Crippen LogP contribution in [-0.2, 0) is 9.59 Å². The lowest BCUT2D eigenvalue weighted by Crippen LogP contribution is -2.18. The zero-order valence-electron chi connectivity index (χ0n) is 19.1. The van der Waals surface area contributed by atoms with Gasteiger partial charge in [0.1, 0.15) is 0 Å². The smallest absolute Gasteiger partial charge is 0.337 e. The minimum absolute atomic E-state index is 0.0381. The number of para-hydroxylation sites is 4. The van der Waals surface area contributed by atoms with Gasteiger partial charge in [-0.3, -0.25) is 9.59 Å². The number of benzene rings is 3. The number of carbonyl (C=O) groups is 3. The van der Waals surface area contributed by atoms with Crippen molar-refractivity contribution in [3.8, 4) is 0 Å². The van der Waals surface area contributed by atoms with E-state index in [0.29, 0.717) is 16.0 Å². The Hall–Kier alpha value is -4.29. The normalized spacial score (nSPS) is 11.0. The largest absolute Gasteiger partial charge is 0.478 e. The number of thioether (sulfide) groups is 2. The van der Waals surface area contributed by atoms with Gasteiger partial charge in [0, 0.05) is 5.69 Å². The summed E-state index contributed by atoms with van der Waals surface area (Å²) in [6, 6.07) is 19.4. The van der Waals surface area contributed by atoms with Crippen molar-refractivity contribution < 1.29 is 19.5 Å². The molecule has 0 bridgehead atoms. The summed E-state index contributed by atoms with van der Waals surface area (Å²) >= 11 is 2.45. The molecule has 0 saturated heterocycles. The summed E-state index contributed by atoms with van der Waals surface area (Å²) in [7, 11) is 0. The summed E-state index contributed by atoms with van der Waals surface area (Å²) in [5.41, 5.74) is 3.67. The molecule has 0 radical (unpaired) electrons. The highest BCUT2D eigenvalue weighted by Crippen LogP contribution is 2.24. The Morgan fingerprint density at radius 1 is 0.757 bits per heavy atom. The lowest BCUT2D eigenvalue weighted by molar-refractivity contribution is -0.114. The van der Waals surface area contributed by atoms with Crippen LogP contribution in [0.1, 0.15) is 10.4 Å². The number of carboxylic acid groups (broad SMARTS) is 1. The number of fused-ring (bicyclic) bond motifs is 2. The summed E-state index contributed by atoms with van der Waals surface area (Å²) in [6.07, 6.45) is 0. The monoisotopic (exact) mass is 532 g/mol. The molecular formula is C25H20N6O4S2. The second-order valence-corrected chi connectivity index (χ2v) is 9.79. The van der Waals surface area contributed by atoms with Crippen molar-refractivity contribution in [1.29, 1.82) is 0 Å². The van der Waals surface area contributed by atoms with Crippen LogP contribution in [0.15, 0.2) is 77.0 Å². The number of amides is 2. The number of hydrogen-bond donors (Lipinski definition) is 5. The third kappa shape index (κ3) is 5.93. The molecule has 5 rings (SSSR count). The Morgan fingerprint density at radius 2 is 1.30 bits per heavy atom. The van der Waals surface area contributed by atoms with E-state index in [1.165, 1.54) is 41.7 Å². The van der Waals surface area contributed by atoms with Crippen LogP contribution >= 0.6 is 23.5 Å². The lowest BCUT2D eigenvalue weighted by Gasteiger charge is -2.11. The molecule has 2 heterocycles. The Balaban J connectivity index is 1.18. The van der Waals surface area contributed by atoms with E-state index in [4.69, 9.17) is 0 Å². The minimum atomic E-state index is -1.23. The Kier molecular flexibility index (Phi) is 7.10. The number of aromatic carboxylic acids is 1. The van der Waals surface area contributed by atoms with Crippen LogP contribution in [0.3, 0.4) is 0 Å². The second kappa shape index (κ2) is 10.8. The predicted molar refractivity (Wildman–Crippen MR) is 144 cm³/mol. The summed E-state index contributed by atoms with van der Waals surface area (Å²) in [4.78, 5) is 51.8. The zero-order valence-corrected chi connectivity index (χ0v) is 20.8. The first-order valence-electron chi connectivity index (χ1n) is 11.1. The molecule has 0 aliphatic carbocycles. The molecule has 0 saturated carbocycles. The Morgan fingerprint density at radius 3 is 1.84 bits per heavy atom. The van der Waals surface area contributed by atoms with Gasteiger partial charge < -0.3 is 25.7 Å². The van der Waals surface area contributed by atoms with Crippen molar-refractivity contribution in [2.24, 2.45) is 0 Å². The van der Waals surface area contributed by atoms with Crippen molar-refractivity contribution >= 4 is 74.7 Å². The topological polar surface area (TPSA) is 153 Å².